The van der Waals surface area contributed by atoms with Gasteiger partial charge >= 0.3 is 6.18 Å². The molecule has 0 saturated heterocycles. The first-order chi connectivity index (χ1) is 16.8. The molecule has 0 spiro atoms. The van der Waals surface area contributed by atoms with Crippen LogP contribution in [-0.2, 0) is 25.4 Å². The van der Waals surface area contributed by atoms with E-state index in [-0.39, 0.29) is 5.92 Å². The van der Waals surface area contributed by atoms with Gasteiger partial charge in [-0.2, -0.15) is 13.2 Å². The van der Waals surface area contributed by atoms with Crippen molar-refractivity contribution >= 4 is 0 Å². The number of hydrogen-bond acceptors (Lipinski definition) is 0. The number of aryl methyl sites for hydroxylation is 2. The van der Waals surface area contributed by atoms with Crippen molar-refractivity contribution in [2.45, 2.75) is 80.8 Å². The van der Waals surface area contributed by atoms with E-state index in [9.17, 15) is 13.2 Å². The average molecular weight is 499 g/mol. The van der Waals surface area contributed by atoms with E-state index in [0.717, 1.165) is 17.9 Å². The predicted molar refractivity (Wildman–Crippen MR) is 149 cm³/mol. The van der Waals surface area contributed by atoms with Crippen LogP contribution in [0.5, 0.6) is 0 Å². The molecule has 0 amide bonds. The molecule has 0 bridgehead atoms. The lowest BCUT2D eigenvalue weighted by atomic mass is 9.98. The first-order valence-electron chi connectivity index (χ1n) is 13.0. The highest BCUT2D eigenvalue weighted by atomic mass is 19.4. The van der Waals surface area contributed by atoms with Crippen LogP contribution >= 0.6 is 0 Å². The molecule has 36 heavy (non-hydrogen) atoms. The second-order valence-electron chi connectivity index (χ2n) is 10.9. The minimum atomic E-state index is -4.23. The van der Waals surface area contributed by atoms with E-state index in [0.29, 0.717) is 12.0 Å². The van der Waals surface area contributed by atoms with E-state index >= 15 is 0 Å². The Morgan fingerprint density at radius 1 is 0.556 bits per heavy atom. The van der Waals surface area contributed by atoms with Gasteiger partial charge in [0.1, 0.15) is 0 Å². The summed E-state index contributed by atoms with van der Waals surface area (Å²) in [6.45, 7) is 17.1. The second kappa shape index (κ2) is 15.5. The Morgan fingerprint density at radius 3 is 1.58 bits per heavy atom. The van der Waals surface area contributed by atoms with Gasteiger partial charge in [0, 0.05) is 0 Å². The molecule has 0 radical (unpaired) electrons. The van der Waals surface area contributed by atoms with E-state index in [4.69, 9.17) is 0 Å². The smallest absolute Gasteiger partial charge is 0.166 e. The van der Waals surface area contributed by atoms with Gasteiger partial charge in [-0.05, 0) is 73.6 Å². The van der Waals surface area contributed by atoms with Crippen LogP contribution in [-0.4, -0.2) is 0 Å². The van der Waals surface area contributed by atoms with Crippen molar-refractivity contribution in [1.29, 1.82) is 0 Å². The number of alkyl halides is 3. The highest BCUT2D eigenvalue weighted by molar-refractivity contribution is 5.30. The molecule has 0 fully saturated rings. The van der Waals surface area contributed by atoms with Crippen molar-refractivity contribution in [3.63, 3.8) is 0 Å². The van der Waals surface area contributed by atoms with Gasteiger partial charge in [0.2, 0.25) is 0 Å². The van der Waals surface area contributed by atoms with Crippen molar-refractivity contribution in [3.8, 4) is 0 Å². The third-order valence-corrected chi connectivity index (χ3v) is 5.44. The molecule has 3 rings (SSSR count). The Labute approximate surface area is 218 Å². The molecule has 0 nitrogen and oxygen atoms in total. The standard InChI is InChI=1S/C11H13F3.2C11H16/c1-8(2)7-9-5-3-4-6-10(9)11(12,13)14;1-9(2)8-11-6-4-10(3)5-7-11;1-9(2)7-11-6-4-5-10(3)8-11/h3-6,8H,7H2,1-2H3;4-7,9H,8H2,1-3H3;4-6,8-9H,7H2,1-3H3. The molecular weight excluding hydrogens is 453 g/mol. The molecule has 0 aliphatic heterocycles. The second-order valence-corrected chi connectivity index (χ2v) is 10.9. The monoisotopic (exact) mass is 498 g/mol. The normalized spacial score (nSPS) is 11.2. The Kier molecular flexibility index (Phi) is 13.6. The molecule has 0 atom stereocenters. The first-order valence-corrected chi connectivity index (χ1v) is 13.0. The van der Waals surface area contributed by atoms with Crippen LogP contribution in [0.1, 0.15) is 74.9 Å². The molecule has 3 aromatic rings. The van der Waals surface area contributed by atoms with Gasteiger partial charge in [0.25, 0.3) is 0 Å². The molecule has 0 aliphatic carbocycles. The van der Waals surface area contributed by atoms with Crippen LogP contribution in [0.15, 0.2) is 72.8 Å². The largest absolute Gasteiger partial charge is 0.416 e. The quantitative estimate of drug-likeness (QED) is 0.317. The minimum Gasteiger partial charge on any atom is -0.166 e. The molecule has 0 heterocycles. The summed E-state index contributed by atoms with van der Waals surface area (Å²) in [5, 5.41) is 0. The predicted octanol–water partition coefficient (Wildman–Crippen LogP) is 10.3. The van der Waals surface area contributed by atoms with Crippen LogP contribution in [0.2, 0.25) is 0 Å². The fourth-order valence-corrected chi connectivity index (χ4v) is 3.92. The molecule has 3 heteroatoms. The highest BCUT2D eigenvalue weighted by Gasteiger charge is 2.32. The summed E-state index contributed by atoms with van der Waals surface area (Å²) in [6, 6.07) is 23.3. The average Bonchev–Trinajstić information content (AvgIpc) is 2.75. The molecular formula is C33H45F3. The van der Waals surface area contributed by atoms with E-state index < -0.39 is 11.7 Å². The summed E-state index contributed by atoms with van der Waals surface area (Å²) in [7, 11) is 0. The van der Waals surface area contributed by atoms with Crippen LogP contribution < -0.4 is 0 Å². The molecule has 0 unspecified atom stereocenters. The van der Waals surface area contributed by atoms with Gasteiger partial charge < -0.3 is 0 Å². The molecule has 0 N–H and O–H groups in total. The Bertz CT molecular complexity index is 996. The molecule has 0 aliphatic rings. The van der Waals surface area contributed by atoms with E-state index in [1.165, 1.54) is 41.2 Å². The van der Waals surface area contributed by atoms with E-state index in [1.54, 1.807) is 12.1 Å². The zero-order valence-electron chi connectivity index (χ0n) is 23.4. The maximum Gasteiger partial charge on any atom is 0.416 e. The summed E-state index contributed by atoms with van der Waals surface area (Å²) in [6.07, 6.45) is -1.37. The summed E-state index contributed by atoms with van der Waals surface area (Å²) in [5.41, 5.74) is 5.50. The van der Waals surface area contributed by atoms with E-state index in [2.05, 4.69) is 90.1 Å². The Hall–Kier alpha value is -2.55. The van der Waals surface area contributed by atoms with Gasteiger partial charge in [-0.15, -0.1) is 0 Å². The van der Waals surface area contributed by atoms with Crippen molar-refractivity contribution in [1.82, 2.24) is 0 Å². The zero-order valence-corrected chi connectivity index (χ0v) is 23.4. The number of rotatable bonds is 6. The lowest BCUT2D eigenvalue weighted by Crippen LogP contribution is -2.10. The summed E-state index contributed by atoms with van der Waals surface area (Å²) >= 11 is 0. The Morgan fingerprint density at radius 2 is 1.08 bits per heavy atom. The topological polar surface area (TPSA) is 0 Å². The van der Waals surface area contributed by atoms with Crippen LogP contribution in [0, 0.1) is 31.6 Å². The summed E-state index contributed by atoms with van der Waals surface area (Å²) in [4.78, 5) is 0. The van der Waals surface area contributed by atoms with Crippen molar-refractivity contribution < 1.29 is 13.2 Å². The number of hydrogen-bond donors (Lipinski definition) is 0. The molecule has 198 valence electrons. The number of halogens is 3. The van der Waals surface area contributed by atoms with Gasteiger partial charge in [-0.1, -0.05) is 119 Å². The summed E-state index contributed by atoms with van der Waals surface area (Å²) < 4.78 is 37.5. The summed E-state index contributed by atoms with van der Waals surface area (Å²) in [5.74, 6) is 1.76. The third kappa shape index (κ3) is 13.5. The number of benzene rings is 3. The Balaban J connectivity index is 0.000000273. The van der Waals surface area contributed by atoms with Crippen molar-refractivity contribution in [3.05, 3.63) is 106 Å². The first kappa shape index (κ1) is 31.5. The molecule has 3 aromatic carbocycles. The highest BCUT2D eigenvalue weighted by Crippen LogP contribution is 2.32. The van der Waals surface area contributed by atoms with Gasteiger partial charge in [-0.3, -0.25) is 0 Å². The van der Waals surface area contributed by atoms with Gasteiger partial charge in [0.05, 0.1) is 5.56 Å². The SMILES string of the molecule is CC(C)Cc1ccccc1C(F)(F)F.Cc1ccc(CC(C)C)cc1.Cc1cccc(CC(C)C)c1. The van der Waals surface area contributed by atoms with Gasteiger partial charge in [0.15, 0.2) is 0 Å². The van der Waals surface area contributed by atoms with Crippen LogP contribution in [0.4, 0.5) is 13.2 Å². The third-order valence-electron chi connectivity index (χ3n) is 5.44. The maximum absolute atomic E-state index is 12.5. The fourth-order valence-electron chi connectivity index (χ4n) is 3.92. The van der Waals surface area contributed by atoms with Crippen molar-refractivity contribution in [2.24, 2.45) is 17.8 Å². The van der Waals surface area contributed by atoms with Crippen LogP contribution in [0.25, 0.3) is 0 Å². The minimum absolute atomic E-state index is 0.235. The fraction of sp³-hybridized carbons (Fsp3) is 0.455. The van der Waals surface area contributed by atoms with Crippen molar-refractivity contribution in [2.75, 3.05) is 0 Å². The lowest BCUT2D eigenvalue weighted by molar-refractivity contribution is -0.138. The van der Waals surface area contributed by atoms with Gasteiger partial charge in [-0.25, -0.2) is 0 Å². The maximum atomic E-state index is 12.5. The van der Waals surface area contributed by atoms with Crippen LogP contribution in [0.3, 0.4) is 0 Å². The molecule has 0 saturated carbocycles. The lowest BCUT2D eigenvalue weighted by Gasteiger charge is -2.13. The molecule has 0 aromatic heterocycles. The van der Waals surface area contributed by atoms with E-state index in [1.807, 2.05) is 13.8 Å². The zero-order chi connectivity index (χ0) is 27.3.